The maximum absolute atomic E-state index is 12.3. The van der Waals surface area contributed by atoms with Crippen LogP contribution in [0.3, 0.4) is 0 Å². The maximum atomic E-state index is 12.3. The number of rotatable bonds is 7. The number of alkyl halides is 3. The second-order valence-electron chi connectivity index (χ2n) is 9.79. The second-order valence-corrected chi connectivity index (χ2v) is 9.79. The summed E-state index contributed by atoms with van der Waals surface area (Å²) in [5.74, 6) is 0.135. The molecule has 12 heteroatoms. The van der Waals surface area contributed by atoms with Gasteiger partial charge in [-0.15, -0.1) is 5.10 Å². The summed E-state index contributed by atoms with van der Waals surface area (Å²) < 4.78 is 50.9. The van der Waals surface area contributed by atoms with Gasteiger partial charge in [0.15, 0.2) is 5.82 Å². The third-order valence-electron chi connectivity index (χ3n) is 6.52. The molecule has 2 aromatic carbocycles. The van der Waals surface area contributed by atoms with Gasteiger partial charge in [0, 0.05) is 23.4 Å². The number of aryl methyl sites for hydroxylation is 1. The smallest absolute Gasteiger partial charge is 0.399 e. The SMILES string of the molecule is CCn1nc(-c2ccc(C(=O)NCC(F)(F)F)cc2)nc1Nc1ccc(B2OC(C)(C)C(C)(C)O2)cc1. The molecule has 1 aliphatic heterocycles. The molecule has 0 radical (unpaired) electrons. The van der Waals surface area contributed by atoms with Gasteiger partial charge in [-0.3, -0.25) is 4.79 Å². The minimum Gasteiger partial charge on any atom is -0.399 e. The van der Waals surface area contributed by atoms with Gasteiger partial charge in [-0.1, -0.05) is 24.3 Å². The van der Waals surface area contributed by atoms with Crippen LogP contribution in [-0.2, 0) is 15.9 Å². The minimum atomic E-state index is -4.47. The van der Waals surface area contributed by atoms with Crippen LogP contribution in [0, 0.1) is 0 Å². The Hall–Kier alpha value is -3.38. The van der Waals surface area contributed by atoms with Crippen molar-refractivity contribution in [1.29, 1.82) is 0 Å². The molecule has 0 atom stereocenters. The van der Waals surface area contributed by atoms with Crippen molar-refractivity contribution in [2.45, 2.75) is 58.5 Å². The van der Waals surface area contributed by atoms with Gasteiger partial charge in [0.2, 0.25) is 5.95 Å². The fourth-order valence-electron chi connectivity index (χ4n) is 3.66. The van der Waals surface area contributed by atoms with E-state index in [0.29, 0.717) is 23.9 Å². The van der Waals surface area contributed by atoms with Gasteiger partial charge < -0.3 is 19.9 Å². The number of carbonyl (C=O) groups is 1. The zero-order chi connectivity index (χ0) is 27.0. The van der Waals surface area contributed by atoms with Gasteiger partial charge in [0.1, 0.15) is 6.54 Å². The van der Waals surface area contributed by atoms with E-state index in [0.717, 1.165) is 11.2 Å². The number of carbonyl (C=O) groups excluding carboxylic acids is 1. The van der Waals surface area contributed by atoms with Crippen LogP contribution < -0.4 is 16.1 Å². The van der Waals surface area contributed by atoms with Gasteiger partial charge in [-0.05, 0) is 64.3 Å². The summed E-state index contributed by atoms with van der Waals surface area (Å²) >= 11 is 0. The molecule has 196 valence electrons. The highest BCUT2D eigenvalue weighted by molar-refractivity contribution is 6.62. The summed E-state index contributed by atoms with van der Waals surface area (Å²) in [4.78, 5) is 16.5. The van der Waals surface area contributed by atoms with E-state index in [2.05, 4.69) is 15.4 Å². The molecule has 0 unspecified atom stereocenters. The van der Waals surface area contributed by atoms with Gasteiger partial charge >= 0.3 is 13.3 Å². The first kappa shape index (κ1) is 26.7. The van der Waals surface area contributed by atoms with Gasteiger partial charge in [-0.25, -0.2) is 4.68 Å². The second kappa shape index (κ2) is 9.83. The van der Waals surface area contributed by atoms with Crippen molar-refractivity contribution in [2.24, 2.45) is 0 Å². The fourth-order valence-corrected chi connectivity index (χ4v) is 3.66. The first-order valence-corrected chi connectivity index (χ1v) is 11.9. The fraction of sp³-hybridized carbons (Fsp3) is 0.400. The summed E-state index contributed by atoms with van der Waals surface area (Å²) in [6.45, 7) is 9.13. The van der Waals surface area contributed by atoms with E-state index in [1.807, 2.05) is 64.2 Å². The number of anilines is 2. The largest absolute Gasteiger partial charge is 0.494 e. The van der Waals surface area contributed by atoms with Crippen LogP contribution in [0.2, 0.25) is 0 Å². The Bertz CT molecular complexity index is 1240. The molecular weight excluding hydrogens is 486 g/mol. The van der Waals surface area contributed by atoms with E-state index in [1.54, 1.807) is 16.8 Å². The summed E-state index contributed by atoms with van der Waals surface area (Å²) in [7, 11) is -0.455. The predicted molar refractivity (Wildman–Crippen MR) is 135 cm³/mol. The number of halogens is 3. The van der Waals surface area contributed by atoms with Crippen LogP contribution >= 0.6 is 0 Å². The Labute approximate surface area is 213 Å². The van der Waals surface area contributed by atoms with Crippen LogP contribution in [0.4, 0.5) is 24.8 Å². The summed E-state index contributed by atoms with van der Waals surface area (Å²) in [5, 5.41) is 9.62. The van der Waals surface area contributed by atoms with Crippen molar-refractivity contribution in [3.8, 4) is 11.4 Å². The van der Waals surface area contributed by atoms with Crippen molar-refractivity contribution in [3.05, 3.63) is 54.1 Å². The standard InChI is InChI=1S/C25H29BF3N5O3/c1-6-34-22(31-19-13-11-18(12-14-19)26-36-23(2,3)24(4,5)37-26)32-20(33-34)16-7-9-17(10-8-16)21(35)30-15-25(27,28)29/h7-14H,6,15H2,1-5H3,(H,30,35)(H,31,32,33). The van der Waals surface area contributed by atoms with Crippen molar-refractivity contribution >= 4 is 30.1 Å². The van der Waals surface area contributed by atoms with Crippen LogP contribution in [0.25, 0.3) is 11.4 Å². The number of amides is 1. The molecule has 2 heterocycles. The molecule has 3 aromatic rings. The molecule has 2 N–H and O–H groups in total. The van der Waals surface area contributed by atoms with Crippen LogP contribution in [0.15, 0.2) is 48.5 Å². The van der Waals surface area contributed by atoms with Crippen LogP contribution in [-0.4, -0.2) is 51.7 Å². The van der Waals surface area contributed by atoms with Gasteiger partial charge in [0.05, 0.1) is 11.2 Å². The van der Waals surface area contributed by atoms with Gasteiger partial charge in [-0.2, -0.15) is 18.2 Å². The summed E-state index contributed by atoms with van der Waals surface area (Å²) in [5.41, 5.74) is 1.59. The van der Waals surface area contributed by atoms with E-state index < -0.39 is 36.9 Å². The molecule has 0 spiro atoms. The van der Waals surface area contributed by atoms with Crippen molar-refractivity contribution < 1.29 is 27.3 Å². The normalized spacial score (nSPS) is 16.6. The van der Waals surface area contributed by atoms with E-state index >= 15 is 0 Å². The molecule has 0 saturated carbocycles. The van der Waals surface area contributed by atoms with Crippen LogP contribution in [0.1, 0.15) is 45.0 Å². The lowest BCUT2D eigenvalue weighted by atomic mass is 9.79. The topological polar surface area (TPSA) is 90.3 Å². The number of nitrogens with one attached hydrogen (secondary N) is 2. The molecular formula is C25H29BF3N5O3. The van der Waals surface area contributed by atoms with Crippen molar-refractivity contribution in [2.75, 3.05) is 11.9 Å². The zero-order valence-electron chi connectivity index (χ0n) is 21.3. The Balaban J connectivity index is 1.45. The highest BCUT2D eigenvalue weighted by Gasteiger charge is 2.51. The average Bonchev–Trinajstić information content (AvgIpc) is 3.34. The van der Waals surface area contributed by atoms with Crippen LogP contribution in [0.5, 0.6) is 0 Å². The van der Waals surface area contributed by atoms with E-state index in [9.17, 15) is 18.0 Å². The predicted octanol–water partition coefficient (Wildman–Crippen LogP) is 4.30. The Morgan fingerprint density at radius 1 is 1.00 bits per heavy atom. The average molecular weight is 515 g/mol. The number of hydrogen-bond donors (Lipinski definition) is 2. The third kappa shape index (κ3) is 5.96. The molecule has 1 amide bonds. The Kier molecular flexibility index (Phi) is 7.09. The van der Waals surface area contributed by atoms with Crippen molar-refractivity contribution in [1.82, 2.24) is 20.1 Å². The Morgan fingerprint density at radius 3 is 2.14 bits per heavy atom. The highest BCUT2D eigenvalue weighted by atomic mass is 19.4. The maximum Gasteiger partial charge on any atom is 0.494 e. The monoisotopic (exact) mass is 515 g/mol. The number of nitrogens with zero attached hydrogens (tertiary/aromatic N) is 3. The minimum absolute atomic E-state index is 0.114. The summed E-state index contributed by atoms with van der Waals surface area (Å²) in [6.07, 6.45) is -4.47. The lowest BCUT2D eigenvalue weighted by Gasteiger charge is -2.32. The molecule has 1 aromatic heterocycles. The van der Waals surface area contributed by atoms with E-state index in [4.69, 9.17) is 9.31 Å². The first-order chi connectivity index (χ1) is 17.3. The number of hydrogen-bond acceptors (Lipinski definition) is 6. The lowest BCUT2D eigenvalue weighted by molar-refractivity contribution is -0.123. The van der Waals surface area contributed by atoms with E-state index in [-0.39, 0.29) is 5.56 Å². The molecule has 1 saturated heterocycles. The first-order valence-electron chi connectivity index (χ1n) is 11.9. The molecule has 37 heavy (non-hydrogen) atoms. The summed E-state index contributed by atoms with van der Waals surface area (Å²) in [6, 6.07) is 13.7. The highest BCUT2D eigenvalue weighted by Crippen LogP contribution is 2.36. The molecule has 8 nitrogen and oxygen atoms in total. The number of aromatic nitrogens is 3. The molecule has 1 aliphatic rings. The Morgan fingerprint density at radius 2 is 1.59 bits per heavy atom. The molecule has 4 rings (SSSR count). The lowest BCUT2D eigenvalue weighted by Crippen LogP contribution is -2.41. The molecule has 0 bridgehead atoms. The molecule has 0 aliphatic carbocycles. The third-order valence-corrected chi connectivity index (χ3v) is 6.52. The van der Waals surface area contributed by atoms with Crippen molar-refractivity contribution in [3.63, 3.8) is 0 Å². The van der Waals surface area contributed by atoms with Gasteiger partial charge in [0.25, 0.3) is 5.91 Å². The molecule has 1 fully saturated rings. The van der Waals surface area contributed by atoms with E-state index in [1.165, 1.54) is 12.1 Å². The zero-order valence-corrected chi connectivity index (χ0v) is 21.3. The quantitative estimate of drug-likeness (QED) is 0.457. The number of benzene rings is 2.